The Morgan fingerprint density at radius 3 is 2.68 bits per heavy atom. The number of rotatable bonds is 3. The summed E-state index contributed by atoms with van der Waals surface area (Å²) in [5, 5.41) is 11.6. The molecule has 0 fully saturated rings. The quantitative estimate of drug-likeness (QED) is 0.730. The number of nitrogens with zero attached hydrogens (tertiary/aromatic N) is 1. The first kappa shape index (κ1) is 18.6. The topological polar surface area (TPSA) is 65.6 Å². The van der Waals surface area contributed by atoms with E-state index in [0.717, 1.165) is 34.5 Å². The Balaban J connectivity index is 1.91. The maximum Gasteiger partial charge on any atom is 0.254 e. The first-order chi connectivity index (χ1) is 13.3. The third kappa shape index (κ3) is 2.96. The molecule has 5 nitrogen and oxygen atoms in total. The van der Waals surface area contributed by atoms with E-state index in [-0.39, 0.29) is 11.9 Å². The minimum absolute atomic E-state index is 0.268. The lowest BCUT2D eigenvalue weighted by atomic mass is 9.90. The lowest BCUT2D eigenvalue weighted by Gasteiger charge is -2.39. The Bertz CT molecular complexity index is 1050. The van der Waals surface area contributed by atoms with Crippen LogP contribution in [0.1, 0.15) is 42.3 Å². The molecule has 0 bridgehead atoms. The van der Waals surface area contributed by atoms with Crippen molar-refractivity contribution >= 4 is 16.8 Å². The Morgan fingerprint density at radius 2 is 2.00 bits per heavy atom. The van der Waals surface area contributed by atoms with Gasteiger partial charge in [-0.2, -0.15) is 0 Å². The van der Waals surface area contributed by atoms with E-state index in [1.165, 1.54) is 10.9 Å². The van der Waals surface area contributed by atoms with Crippen LogP contribution in [-0.2, 0) is 11.2 Å². The number of H-pyrrole nitrogens is 1. The van der Waals surface area contributed by atoms with Gasteiger partial charge in [0, 0.05) is 23.1 Å². The number of aromatic nitrogens is 1. The van der Waals surface area contributed by atoms with Crippen molar-refractivity contribution in [3.63, 3.8) is 0 Å². The van der Waals surface area contributed by atoms with E-state index in [1.807, 2.05) is 31.2 Å². The summed E-state index contributed by atoms with van der Waals surface area (Å²) in [6.45, 7) is 5.66. The number of hydrogen-bond donors (Lipinski definition) is 2. The largest absolute Gasteiger partial charge is 0.496 e. The van der Waals surface area contributed by atoms with Gasteiger partial charge in [-0.25, -0.2) is 0 Å². The predicted octanol–water partition coefficient (Wildman–Crippen LogP) is 3.73. The van der Waals surface area contributed by atoms with E-state index in [1.54, 1.807) is 25.9 Å². The highest BCUT2D eigenvalue weighted by Gasteiger charge is 2.39. The molecule has 0 spiro atoms. The van der Waals surface area contributed by atoms with Crippen LogP contribution < -0.4 is 4.74 Å². The van der Waals surface area contributed by atoms with E-state index in [4.69, 9.17) is 4.74 Å². The summed E-state index contributed by atoms with van der Waals surface area (Å²) in [5.74, 6) is 0.548. The summed E-state index contributed by atoms with van der Waals surface area (Å²) < 4.78 is 5.40. The van der Waals surface area contributed by atoms with Gasteiger partial charge in [0.25, 0.3) is 5.91 Å². The number of aliphatic hydroxyl groups is 1. The summed E-state index contributed by atoms with van der Waals surface area (Å²) in [6, 6.07) is 14.0. The monoisotopic (exact) mass is 378 g/mol. The lowest BCUT2D eigenvalue weighted by Crippen LogP contribution is -2.49. The van der Waals surface area contributed by atoms with Gasteiger partial charge in [-0.3, -0.25) is 4.79 Å². The SMILES string of the molecule is COc1ccc(C2c3[nH]c4ccccc4c3CCN2C(=O)C(C)(C)O)cc1C. The highest BCUT2D eigenvalue weighted by atomic mass is 16.5. The highest BCUT2D eigenvalue weighted by molar-refractivity contribution is 5.88. The average Bonchev–Trinajstić information content (AvgIpc) is 3.04. The summed E-state index contributed by atoms with van der Waals surface area (Å²) in [5.41, 5.74) is 3.93. The number of fused-ring (bicyclic) bond motifs is 3. The second-order valence-electron chi connectivity index (χ2n) is 8.00. The van der Waals surface area contributed by atoms with Crippen LogP contribution in [0.2, 0.25) is 0 Å². The van der Waals surface area contributed by atoms with Gasteiger partial charge < -0.3 is 19.7 Å². The molecule has 5 heteroatoms. The van der Waals surface area contributed by atoms with Crippen LogP contribution in [0, 0.1) is 6.92 Å². The van der Waals surface area contributed by atoms with Crippen LogP contribution in [0.15, 0.2) is 42.5 Å². The predicted molar refractivity (Wildman–Crippen MR) is 110 cm³/mol. The number of methoxy groups -OCH3 is 1. The van der Waals surface area contributed by atoms with Crippen LogP contribution in [0.25, 0.3) is 10.9 Å². The number of ether oxygens (including phenoxy) is 1. The molecule has 1 unspecified atom stereocenters. The molecule has 2 aromatic carbocycles. The van der Waals surface area contributed by atoms with Crippen molar-refractivity contribution in [1.29, 1.82) is 0 Å². The maximum absolute atomic E-state index is 13.1. The molecule has 0 saturated heterocycles. The average molecular weight is 378 g/mol. The van der Waals surface area contributed by atoms with Gasteiger partial charge in [-0.05, 0) is 62.1 Å². The number of carbonyl (C=O) groups is 1. The van der Waals surface area contributed by atoms with Crippen LogP contribution >= 0.6 is 0 Å². The number of carbonyl (C=O) groups excluding carboxylic acids is 1. The van der Waals surface area contributed by atoms with Crippen LogP contribution in [0.5, 0.6) is 5.75 Å². The second kappa shape index (κ2) is 6.67. The van der Waals surface area contributed by atoms with Gasteiger partial charge in [0.05, 0.1) is 13.2 Å². The molecule has 2 heterocycles. The fourth-order valence-electron chi connectivity index (χ4n) is 4.23. The third-order valence-corrected chi connectivity index (χ3v) is 5.55. The van der Waals surface area contributed by atoms with Crippen LogP contribution in [0.4, 0.5) is 0 Å². The van der Waals surface area contributed by atoms with Crippen molar-refractivity contribution in [2.24, 2.45) is 0 Å². The summed E-state index contributed by atoms with van der Waals surface area (Å²) in [6.07, 6.45) is 0.757. The molecule has 1 atom stereocenters. The van der Waals surface area contributed by atoms with Crippen molar-refractivity contribution in [2.75, 3.05) is 13.7 Å². The zero-order valence-corrected chi connectivity index (χ0v) is 16.7. The number of aromatic amines is 1. The number of aryl methyl sites for hydroxylation is 1. The van der Waals surface area contributed by atoms with Gasteiger partial charge in [0.1, 0.15) is 11.4 Å². The van der Waals surface area contributed by atoms with Crippen molar-refractivity contribution in [3.05, 3.63) is 64.8 Å². The van der Waals surface area contributed by atoms with E-state index < -0.39 is 5.60 Å². The van der Waals surface area contributed by atoms with E-state index in [0.29, 0.717) is 6.54 Å². The molecular formula is C23H26N2O3. The maximum atomic E-state index is 13.1. The fourth-order valence-corrected chi connectivity index (χ4v) is 4.23. The summed E-state index contributed by atoms with van der Waals surface area (Å²) >= 11 is 0. The van der Waals surface area contributed by atoms with Crippen LogP contribution in [0.3, 0.4) is 0 Å². The van der Waals surface area contributed by atoms with E-state index in [2.05, 4.69) is 23.2 Å². The van der Waals surface area contributed by atoms with Crippen LogP contribution in [-0.4, -0.2) is 40.2 Å². The molecule has 0 radical (unpaired) electrons. The Hall–Kier alpha value is -2.79. The molecule has 1 amide bonds. The molecule has 1 aromatic heterocycles. The molecule has 146 valence electrons. The minimum Gasteiger partial charge on any atom is -0.496 e. The number of hydrogen-bond acceptors (Lipinski definition) is 3. The normalized spacial score (nSPS) is 16.9. The summed E-state index contributed by atoms with van der Waals surface area (Å²) in [7, 11) is 1.66. The van der Waals surface area contributed by atoms with Crippen molar-refractivity contribution in [1.82, 2.24) is 9.88 Å². The molecule has 28 heavy (non-hydrogen) atoms. The number of para-hydroxylation sites is 1. The first-order valence-electron chi connectivity index (χ1n) is 9.58. The first-order valence-corrected chi connectivity index (χ1v) is 9.58. The second-order valence-corrected chi connectivity index (χ2v) is 8.00. The van der Waals surface area contributed by atoms with Gasteiger partial charge in [-0.1, -0.05) is 24.3 Å². The van der Waals surface area contributed by atoms with Gasteiger partial charge in [-0.15, -0.1) is 0 Å². The Labute approximate surface area is 164 Å². The molecule has 2 N–H and O–H groups in total. The lowest BCUT2D eigenvalue weighted by molar-refractivity contribution is -0.150. The van der Waals surface area contributed by atoms with Gasteiger partial charge in [0.2, 0.25) is 0 Å². The smallest absolute Gasteiger partial charge is 0.254 e. The standard InChI is InChI=1S/C23H26N2O3/c1-14-13-15(9-10-19(14)28-4)21-20-17(16-7-5-6-8-18(16)24-20)11-12-25(21)22(26)23(2,3)27/h5-10,13,21,24,27H,11-12H2,1-4H3. The third-order valence-electron chi connectivity index (χ3n) is 5.55. The number of benzene rings is 2. The molecule has 0 saturated carbocycles. The molecule has 1 aliphatic rings. The van der Waals surface area contributed by atoms with Gasteiger partial charge >= 0.3 is 0 Å². The molecule has 4 rings (SSSR count). The molecule has 1 aliphatic heterocycles. The summed E-state index contributed by atoms with van der Waals surface area (Å²) in [4.78, 5) is 18.4. The molecule has 3 aromatic rings. The minimum atomic E-state index is -1.43. The zero-order valence-electron chi connectivity index (χ0n) is 16.7. The Kier molecular flexibility index (Phi) is 4.42. The highest BCUT2D eigenvalue weighted by Crippen LogP contribution is 2.40. The number of amides is 1. The molecule has 0 aliphatic carbocycles. The van der Waals surface area contributed by atoms with Crippen molar-refractivity contribution < 1.29 is 14.6 Å². The zero-order chi connectivity index (χ0) is 20.1. The number of nitrogens with one attached hydrogen (secondary N) is 1. The van der Waals surface area contributed by atoms with Crippen molar-refractivity contribution in [3.8, 4) is 5.75 Å². The van der Waals surface area contributed by atoms with E-state index in [9.17, 15) is 9.90 Å². The van der Waals surface area contributed by atoms with Gasteiger partial charge in [0.15, 0.2) is 0 Å². The Morgan fingerprint density at radius 1 is 1.25 bits per heavy atom. The van der Waals surface area contributed by atoms with E-state index >= 15 is 0 Å². The molecular weight excluding hydrogens is 352 g/mol. The van der Waals surface area contributed by atoms with Crippen molar-refractivity contribution in [2.45, 2.75) is 38.8 Å². The fraction of sp³-hybridized carbons (Fsp3) is 0.348.